The number of rotatable bonds is 3. The van der Waals surface area contributed by atoms with Crippen molar-refractivity contribution in [3.05, 3.63) is 62.3 Å². The summed E-state index contributed by atoms with van der Waals surface area (Å²) < 4.78 is 7.93. The standard InChI is InChI=1S/C13H8IN3O3/c14-9-4-3-5-10(8-9)20-12-13(17(18)19)16-7-2-1-6-11(16)15-12/h1-8H. The van der Waals surface area contributed by atoms with Crippen molar-refractivity contribution in [3.8, 4) is 11.6 Å². The number of aromatic nitrogens is 2. The molecule has 100 valence electrons. The van der Waals surface area contributed by atoms with Gasteiger partial charge in [-0.15, -0.1) is 0 Å². The third-order valence-electron chi connectivity index (χ3n) is 2.66. The van der Waals surface area contributed by atoms with Gasteiger partial charge < -0.3 is 14.9 Å². The molecule has 0 spiro atoms. The Balaban J connectivity index is 2.11. The van der Waals surface area contributed by atoms with Crippen LogP contribution in [0.25, 0.3) is 5.65 Å². The maximum atomic E-state index is 11.2. The second kappa shape index (κ2) is 5.08. The third-order valence-corrected chi connectivity index (χ3v) is 3.33. The molecule has 20 heavy (non-hydrogen) atoms. The van der Waals surface area contributed by atoms with Crippen molar-refractivity contribution >= 4 is 34.1 Å². The van der Waals surface area contributed by atoms with Crippen molar-refractivity contribution in [1.82, 2.24) is 9.38 Å². The Morgan fingerprint density at radius 2 is 2.10 bits per heavy atom. The van der Waals surface area contributed by atoms with Crippen molar-refractivity contribution in [1.29, 1.82) is 0 Å². The van der Waals surface area contributed by atoms with Gasteiger partial charge in [0.15, 0.2) is 0 Å². The predicted molar refractivity (Wildman–Crippen MR) is 81.1 cm³/mol. The number of fused-ring (bicyclic) bond motifs is 1. The maximum absolute atomic E-state index is 11.2. The van der Waals surface area contributed by atoms with Crippen LogP contribution in [0, 0.1) is 13.7 Å². The Kier molecular flexibility index (Phi) is 3.26. The van der Waals surface area contributed by atoms with E-state index in [-0.39, 0.29) is 11.7 Å². The number of nitro groups is 1. The minimum atomic E-state index is -0.497. The van der Waals surface area contributed by atoms with Crippen LogP contribution in [0.3, 0.4) is 0 Å². The summed E-state index contributed by atoms with van der Waals surface area (Å²) in [6, 6.07) is 12.4. The largest absolute Gasteiger partial charge is 0.432 e. The van der Waals surface area contributed by atoms with Crippen LogP contribution in [-0.4, -0.2) is 14.3 Å². The minimum Gasteiger partial charge on any atom is -0.432 e. The highest BCUT2D eigenvalue weighted by Crippen LogP contribution is 2.31. The highest BCUT2D eigenvalue weighted by molar-refractivity contribution is 14.1. The van der Waals surface area contributed by atoms with Gasteiger partial charge in [-0.25, -0.2) is 0 Å². The molecule has 3 aromatic rings. The van der Waals surface area contributed by atoms with Crippen LogP contribution in [-0.2, 0) is 0 Å². The molecule has 0 fully saturated rings. The van der Waals surface area contributed by atoms with Crippen LogP contribution in [0.15, 0.2) is 48.7 Å². The van der Waals surface area contributed by atoms with Crippen molar-refractivity contribution in [2.75, 3.05) is 0 Å². The van der Waals surface area contributed by atoms with E-state index in [1.165, 1.54) is 4.40 Å². The summed E-state index contributed by atoms with van der Waals surface area (Å²) in [6.45, 7) is 0. The highest BCUT2D eigenvalue weighted by Gasteiger charge is 2.24. The fourth-order valence-electron chi connectivity index (χ4n) is 1.84. The molecule has 6 nitrogen and oxygen atoms in total. The van der Waals surface area contributed by atoms with Crippen LogP contribution in [0.4, 0.5) is 5.82 Å². The first-order chi connectivity index (χ1) is 9.65. The van der Waals surface area contributed by atoms with Gasteiger partial charge >= 0.3 is 11.7 Å². The van der Waals surface area contributed by atoms with Crippen LogP contribution in [0.5, 0.6) is 11.6 Å². The summed E-state index contributed by atoms with van der Waals surface area (Å²) in [4.78, 5) is 14.9. The van der Waals surface area contributed by atoms with Gasteiger partial charge in [-0.3, -0.25) is 0 Å². The molecule has 2 aromatic heterocycles. The number of pyridine rings is 1. The molecular formula is C13H8IN3O3. The molecule has 0 saturated carbocycles. The van der Waals surface area contributed by atoms with Gasteiger partial charge in [-0.05, 0) is 51.8 Å². The van der Waals surface area contributed by atoms with Crippen molar-refractivity contribution in [2.45, 2.75) is 0 Å². The topological polar surface area (TPSA) is 69.7 Å². The molecule has 7 heteroatoms. The normalized spacial score (nSPS) is 10.7. The van der Waals surface area contributed by atoms with E-state index in [2.05, 4.69) is 27.6 Å². The van der Waals surface area contributed by atoms with Gasteiger partial charge in [0.05, 0.1) is 6.20 Å². The van der Waals surface area contributed by atoms with Gasteiger partial charge in [0, 0.05) is 9.64 Å². The van der Waals surface area contributed by atoms with E-state index in [0.717, 1.165) is 3.57 Å². The minimum absolute atomic E-state index is 0.0109. The molecule has 0 radical (unpaired) electrons. The van der Waals surface area contributed by atoms with E-state index < -0.39 is 4.92 Å². The lowest BCUT2D eigenvalue weighted by Crippen LogP contribution is -1.96. The zero-order valence-corrected chi connectivity index (χ0v) is 12.2. The lowest BCUT2D eigenvalue weighted by molar-refractivity contribution is -0.391. The molecular weight excluding hydrogens is 373 g/mol. The Bertz CT molecular complexity index is 800. The molecule has 0 atom stereocenters. The van der Waals surface area contributed by atoms with Crippen molar-refractivity contribution in [3.63, 3.8) is 0 Å². The van der Waals surface area contributed by atoms with Gasteiger partial charge in [-0.2, -0.15) is 9.38 Å². The van der Waals surface area contributed by atoms with E-state index in [4.69, 9.17) is 4.74 Å². The van der Waals surface area contributed by atoms with Crippen LogP contribution >= 0.6 is 22.6 Å². The van der Waals surface area contributed by atoms with E-state index in [1.807, 2.05) is 12.1 Å². The van der Waals surface area contributed by atoms with Crippen LogP contribution in [0.1, 0.15) is 0 Å². The smallest absolute Gasteiger partial charge is 0.392 e. The van der Waals surface area contributed by atoms with E-state index in [0.29, 0.717) is 11.4 Å². The average molecular weight is 381 g/mol. The molecule has 0 aliphatic carbocycles. The Hall–Kier alpha value is -2.16. The Labute approximate surface area is 127 Å². The molecule has 0 saturated heterocycles. The lowest BCUT2D eigenvalue weighted by atomic mass is 10.3. The van der Waals surface area contributed by atoms with Crippen LogP contribution < -0.4 is 4.74 Å². The molecule has 0 aliphatic rings. The molecule has 2 heterocycles. The summed E-state index contributed by atoms with van der Waals surface area (Å²) in [6.07, 6.45) is 1.59. The monoisotopic (exact) mass is 381 g/mol. The molecule has 0 bridgehead atoms. The highest BCUT2D eigenvalue weighted by atomic mass is 127. The number of benzene rings is 1. The summed E-state index contributed by atoms with van der Waals surface area (Å²) in [5, 5.41) is 11.2. The first kappa shape index (κ1) is 12.9. The second-order valence-electron chi connectivity index (χ2n) is 3.99. The van der Waals surface area contributed by atoms with Gasteiger partial charge in [-0.1, -0.05) is 12.1 Å². The Morgan fingerprint density at radius 3 is 2.85 bits per heavy atom. The quantitative estimate of drug-likeness (QED) is 0.395. The SMILES string of the molecule is O=[N+]([O-])c1c(Oc2cccc(I)c2)nc2ccccn12. The summed E-state index contributed by atoms with van der Waals surface area (Å²) in [5.41, 5.74) is 0.472. The number of halogens is 1. The van der Waals surface area contributed by atoms with E-state index in [9.17, 15) is 10.1 Å². The molecule has 3 rings (SSSR count). The van der Waals surface area contributed by atoms with E-state index >= 15 is 0 Å². The van der Waals surface area contributed by atoms with Gasteiger partial charge in [0.2, 0.25) is 5.65 Å². The van der Waals surface area contributed by atoms with Crippen LogP contribution in [0.2, 0.25) is 0 Å². The predicted octanol–water partition coefficient (Wildman–Crippen LogP) is 3.64. The van der Waals surface area contributed by atoms with Crippen molar-refractivity contribution in [2.24, 2.45) is 0 Å². The molecule has 0 aliphatic heterocycles. The Morgan fingerprint density at radius 1 is 1.25 bits per heavy atom. The lowest BCUT2D eigenvalue weighted by Gasteiger charge is -2.02. The molecule has 0 unspecified atom stereocenters. The fraction of sp³-hybridized carbons (Fsp3) is 0. The van der Waals surface area contributed by atoms with Gasteiger partial charge in [0.25, 0.3) is 0 Å². The number of ether oxygens (including phenoxy) is 1. The van der Waals surface area contributed by atoms with Crippen molar-refractivity contribution < 1.29 is 9.66 Å². The average Bonchev–Trinajstić information content (AvgIpc) is 2.76. The summed E-state index contributed by atoms with van der Waals surface area (Å²) in [5.74, 6) is 0.325. The number of nitrogens with zero attached hydrogens (tertiary/aromatic N) is 3. The third kappa shape index (κ3) is 2.31. The second-order valence-corrected chi connectivity index (χ2v) is 5.23. The molecule has 0 N–H and O–H groups in total. The van der Waals surface area contributed by atoms with E-state index in [1.54, 1.807) is 36.5 Å². The van der Waals surface area contributed by atoms with Gasteiger partial charge in [0.1, 0.15) is 5.75 Å². The first-order valence-electron chi connectivity index (χ1n) is 5.70. The molecule has 0 amide bonds. The molecule has 1 aromatic carbocycles. The zero-order chi connectivity index (χ0) is 14.1. The summed E-state index contributed by atoms with van der Waals surface area (Å²) in [7, 11) is 0. The number of imidazole rings is 1. The number of hydrogen-bond donors (Lipinski definition) is 0. The fourth-order valence-corrected chi connectivity index (χ4v) is 2.35. The first-order valence-corrected chi connectivity index (χ1v) is 6.78. The summed E-state index contributed by atoms with van der Waals surface area (Å²) >= 11 is 2.15. The zero-order valence-electron chi connectivity index (χ0n) is 10.1. The maximum Gasteiger partial charge on any atom is 0.392 e. The number of hydrogen-bond acceptors (Lipinski definition) is 4.